The van der Waals surface area contributed by atoms with Crippen LogP contribution in [0.3, 0.4) is 0 Å². The van der Waals surface area contributed by atoms with Gasteiger partial charge in [0.1, 0.15) is 0 Å². The molecular weight excluding hydrogens is 408 g/mol. The van der Waals surface area contributed by atoms with E-state index in [0.29, 0.717) is 17.8 Å². The molecule has 0 aromatic carbocycles. The lowest BCUT2D eigenvalue weighted by atomic mass is 9.62. The Hall–Kier alpha value is -0.900. The van der Waals surface area contributed by atoms with Gasteiger partial charge in [-0.25, -0.2) is 0 Å². The zero-order chi connectivity index (χ0) is 24.8. The third kappa shape index (κ3) is 6.83. The Kier molecular flexibility index (Phi) is 10.5. The molecule has 6 atom stereocenters. The van der Waals surface area contributed by atoms with Gasteiger partial charge in [0.15, 0.2) is 0 Å². The fraction of sp³-hybridized carbons (Fsp3) is 0.800. The van der Waals surface area contributed by atoms with Crippen LogP contribution in [0.4, 0.5) is 0 Å². The van der Waals surface area contributed by atoms with Crippen molar-refractivity contribution in [2.45, 2.75) is 130 Å². The molecule has 0 spiro atoms. The number of allylic oxidation sites excluding steroid dienone is 3. The number of unbranched alkanes of at least 4 members (excludes halogenated alkanes) is 1. The molecule has 3 N–H and O–H groups in total. The van der Waals surface area contributed by atoms with Crippen molar-refractivity contribution < 1.29 is 15.3 Å². The van der Waals surface area contributed by atoms with Crippen LogP contribution in [-0.2, 0) is 0 Å². The predicted octanol–water partition coefficient (Wildman–Crippen LogP) is 7.12. The summed E-state index contributed by atoms with van der Waals surface area (Å²) in [5.74, 6) is 1.35. The van der Waals surface area contributed by atoms with Gasteiger partial charge in [0.05, 0.1) is 17.8 Å². The first kappa shape index (κ1) is 28.3. The average Bonchev–Trinajstić information content (AvgIpc) is 3.10. The van der Waals surface area contributed by atoms with E-state index in [1.54, 1.807) is 5.57 Å². The molecule has 3 aliphatic rings. The average molecular weight is 461 g/mol. The Morgan fingerprint density at radius 1 is 1.12 bits per heavy atom. The summed E-state index contributed by atoms with van der Waals surface area (Å²) in [6, 6.07) is 0. The van der Waals surface area contributed by atoms with E-state index in [1.165, 1.54) is 44.9 Å². The lowest BCUT2D eigenvalue weighted by molar-refractivity contribution is 0.0167. The summed E-state index contributed by atoms with van der Waals surface area (Å²) in [6.45, 7) is 16.5. The van der Waals surface area contributed by atoms with E-state index in [1.807, 2.05) is 34.6 Å². The second-order valence-electron chi connectivity index (χ2n) is 11.5. The highest BCUT2D eigenvalue weighted by atomic mass is 16.3. The Morgan fingerprint density at radius 3 is 2.45 bits per heavy atom. The van der Waals surface area contributed by atoms with Crippen LogP contribution in [0.15, 0.2) is 35.5 Å². The summed E-state index contributed by atoms with van der Waals surface area (Å²) in [5, 5.41) is 31.0. The highest BCUT2D eigenvalue weighted by molar-refractivity contribution is 5.39. The third-order valence-corrected chi connectivity index (χ3v) is 8.82. The second kappa shape index (κ2) is 12.2. The van der Waals surface area contributed by atoms with Gasteiger partial charge < -0.3 is 15.3 Å². The van der Waals surface area contributed by atoms with Gasteiger partial charge in [-0.05, 0) is 100 Å². The van der Waals surface area contributed by atoms with Crippen LogP contribution in [-0.4, -0.2) is 33.1 Å². The first-order chi connectivity index (χ1) is 15.6. The number of fused-ring (bicyclic) bond motifs is 1. The van der Waals surface area contributed by atoms with Gasteiger partial charge in [0.2, 0.25) is 0 Å². The van der Waals surface area contributed by atoms with Crippen LogP contribution in [0.2, 0.25) is 0 Å². The monoisotopic (exact) mass is 460 g/mol. The highest BCUT2D eigenvalue weighted by Crippen LogP contribution is 2.58. The van der Waals surface area contributed by atoms with Gasteiger partial charge in [0, 0.05) is 5.92 Å². The summed E-state index contributed by atoms with van der Waals surface area (Å²) < 4.78 is 0. The molecule has 3 nitrogen and oxygen atoms in total. The maximum atomic E-state index is 10.6. The fourth-order valence-electron chi connectivity index (χ4n) is 6.81. The van der Waals surface area contributed by atoms with E-state index in [9.17, 15) is 15.3 Å². The summed E-state index contributed by atoms with van der Waals surface area (Å²) in [6.07, 6.45) is 15.6. The van der Waals surface area contributed by atoms with Crippen molar-refractivity contribution in [1.29, 1.82) is 0 Å². The Morgan fingerprint density at radius 2 is 1.82 bits per heavy atom. The summed E-state index contributed by atoms with van der Waals surface area (Å²) in [4.78, 5) is 0. The van der Waals surface area contributed by atoms with Crippen molar-refractivity contribution in [2.75, 3.05) is 0 Å². The van der Waals surface area contributed by atoms with Gasteiger partial charge in [-0.2, -0.15) is 0 Å². The highest BCUT2D eigenvalue weighted by Gasteiger charge is 2.48. The molecule has 6 unspecified atom stereocenters. The van der Waals surface area contributed by atoms with E-state index < -0.39 is 17.8 Å². The van der Waals surface area contributed by atoms with E-state index in [2.05, 4.69) is 25.7 Å². The van der Waals surface area contributed by atoms with Crippen molar-refractivity contribution in [2.24, 2.45) is 23.2 Å². The van der Waals surface area contributed by atoms with Crippen molar-refractivity contribution >= 4 is 0 Å². The normalized spacial score (nSPS) is 37.1. The second-order valence-corrected chi connectivity index (χ2v) is 11.5. The van der Waals surface area contributed by atoms with Gasteiger partial charge >= 0.3 is 0 Å². The number of aliphatic hydroxyl groups excluding tert-OH is 2. The van der Waals surface area contributed by atoms with Crippen LogP contribution in [0.1, 0.15) is 112 Å². The zero-order valence-corrected chi connectivity index (χ0v) is 22.4. The minimum Gasteiger partial charge on any atom is -0.392 e. The molecule has 33 heavy (non-hydrogen) atoms. The molecule has 3 heteroatoms. The van der Waals surface area contributed by atoms with Crippen molar-refractivity contribution in [1.82, 2.24) is 0 Å². The molecule has 190 valence electrons. The molecule has 0 saturated heterocycles. The Labute approximate surface area is 204 Å². The maximum Gasteiger partial charge on any atom is 0.0839 e. The molecule has 3 rings (SSSR count). The van der Waals surface area contributed by atoms with Gasteiger partial charge in [-0.15, -0.1) is 0 Å². The quantitative estimate of drug-likeness (QED) is 0.354. The lowest BCUT2D eigenvalue weighted by Gasteiger charge is -2.42. The van der Waals surface area contributed by atoms with Crippen molar-refractivity contribution in [3.05, 3.63) is 35.5 Å². The van der Waals surface area contributed by atoms with Crippen molar-refractivity contribution in [3.8, 4) is 0 Å². The fourth-order valence-corrected chi connectivity index (χ4v) is 6.81. The molecule has 0 heterocycles. The summed E-state index contributed by atoms with van der Waals surface area (Å²) >= 11 is 0. The van der Waals surface area contributed by atoms with Crippen molar-refractivity contribution in [3.63, 3.8) is 0 Å². The van der Waals surface area contributed by atoms with Crippen LogP contribution in [0.25, 0.3) is 0 Å². The molecule has 3 aliphatic carbocycles. The molecular formula is C30H52O3. The first-order valence-electron chi connectivity index (χ1n) is 13.7. The van der Waals surface area contributed by atoms with Crippen LogP contribution in [0, 0.1) is 23.2 Å². The van der Waals surface area contributed by atoms with Crippen LogP contribution < -0.4 is 0 Å². The molecule has 3 fully saturated rings. The molecule has 3 saturated carbocycles. The zero-order valence-electron chi connectivity index (χ0n) is 22.4. The Bertz CT molecular complexity index is 698. The van der Waals surface area contributed by atoms with E-state index in [4.69, 9.17) is 0 Å². The minimum absolute atomic E-state index is 0.0951. The standard InChI is InChI=1S/C28H46O3.C2H6/c1-6-23-25(29)18-21(19(2)26(23)30)13-12-20-10-9-17-28(5)22(14-15-24(20)28)11-7-8-16-27(3,4)31;1-2/h12-13,22-26,29-31H,2,6-11,14-18H2,1,3-5H3;1-2H3/b20-12+,21-13-;. The van der Waals surface area contributed by atoms with E-state index >= 15 is 0 Å². The molecule has 0 aliphatic heterocycles. The molecule has 0 aromatic heterocycles. The van der Waals surface area contributed by atoms with E-state index in [0.717, 1.165) is 36.3 Å². The number of aliphatic hydroxyl groups is 3. The predicted molar refractivity (Wildman–Crippen MR) is 140 cm³/mol. The largest absolute Gasteiger partial charge is 0.392 e. The van der Waals surface area contributed by atoms with Gasteiger partial charge in [-0.1, -0.05) is 64.8 Å². The number of rotatable bonds is 7. The molecule has 0 radical (unpaired) electrons. The van der Waals surface area contributed by atoms with Crippen LogP contribution >= 0.6 is 0 Å². The van der Waals surface area contributed by atoms with E-state index in [-0.39, 0.29) is 5.92 Å². The number of hydrogen-bond donors (Lipinski definition) is 3. The smallest absolute Gasteiger partial charge is 0.0839 e. The SMILES string of the molecule is C=C1/C(=C\C=C2/CCCC3(C)C(CCCCC(C)(C)O)CCC23)CC(O)C(CC)C1O.CC. The van der Waals surface area contributed by atoms with Gasteiger partial charge in [-0.3, -0.25) is 0 Å². The molecule has 0 aromatic rings. The summed E-state index contributed by atoms with van der Waals surface area (Å²) in [7, 11) is 0. The molecule has 0 amide bonds. The summed E-state index contributed by atoms with van der Waals surface area (Å²) in [5.41, 5.74) is 3.23. The maximum absolute atomic E-state index is 10.6. The lowest BCUT2D eigenvalue weighted by Crippen LogP contribution is -2.38. The minimum atomic E-state index is -0.630. The first-order valence-corrected chi connectivity index (χ1v) is 13.7. The third-order valence-electron chi connectivity index (χ3n) is 8.82. The van der Waals surface area contributed by atoms with Crippen LogP contribution in [0.5, 0.6) is 0 Å². The topological polar surface area (TPSA) is 60.7 Å². The van der Waals surface area contributed by atoms with Gasteiger partial charge in [0.25, 0.3) is 0 Å². The molecule has 0 bridgehead atoms. The number of hydrogen-bond acceptors (Lipinski definition) is 3. The Balaban J connectivity index is 0.00000187.